The number of carbonyl (C=O) groups is 2. The largest absolute Gasteiger partial charge is 0.326 e. The van der Waals surface area contributed by atoms with Gasteiger partial charge in [-0.15, -0.1) is 0 Å². The third kappa shape index (κ3) is 4.70. The first-order valence-electron chi connectivity index (χ1n) is 8.49. The lowest BCUT2D eigenvalue weighted by molar-refractivity contribution is -0.127. The Kier molecular flexibility index (Phi) is 6.21. The van der Waals surface area contributed by atoms with Crippen molar-refractivity contribution in [3.8, 4) is 0 Å². The molecule has 3 rings (SSSR count). The number of rotatable bonds is 4. The maximum absolute atomic E-state index is 12.5. The van der Waals surface area contributed by atoms with E-state index in [9.17, 15) is 9.59 Å². The number of carbonyl (C=O) groups excluding carboxylic acids is 2. The summed E-state index contributed by atoms with van der Waals surface area (Å²) in [5, 5.41) is 3.08. The number of hydrogen-bond donors (Lipinski definition) is 1. The summed E-state index contributed by atoms with van der Waals surface area (Å²) in [5.74, 6) is -0.265. The van der Waals surface area contributed by atoms with Gasteiger partial charge in [-0.1, -0.05) is 23.9 Å². The topological polar surface area (TPSA) is 61.8 Å². The molecule has 5 nitrogen and oxygen atoms in total. The summed E-state index contributed by atoms with van der Waals surface area (Å²) < 4.78 is 1.13. The molecule has 0 saturated carbocycles. The van der Waals surface area contributed by atoms with Crippen molar-refractivity contribution in [2.45, 2.75) is 25.5 Å². The number of benzene rings is 2. The molecule has 0 aromatic heterocycles. The van der Waals surface area contributed by atoms with Crippen LogP contribution in [0.25, 0.3) is 0 Å². The molecule has 2 amide bonds. The van der Waals surface area contributed by atoms with Crippen molar-refractivity contribution in [2.75, 3.05) is 12.4 Å². The molecule has 1 aliphatic rings. The first-order valence-corrected chi connectivity index (χ1v) is 10.5. The second kappa shape index (κ2) is 8.43. The zero-order valence-electron chi connectivity index (χ0n) is 15.3. The number of aryl methyl sites for hydroxylation is 1. The van der Waals surface area contributed by atoms with Crippen LogP contribution in [0.3, 0.4) is 0 Å². The Morgan fingerprint density at radius 2 is 1.93 bits per heavy atom. The Morgan fingerprint density at radius 1 is 1.22 bits per heavy atom. The minimum Gasteiger partial charge on any atom is -0.326 e. The highest BCUT2D eigenvalue weighted by Gasteiger charge is 2.37. The maximum atomic E-state index is 12.5. The van der Waals surface area contributed by atoms with Gasteiger partial charge in [0, 0.05) is 22.7 Å². The molecule has 1 fully saturated rings. The van der Waals surface area contributed by atoms with Gasteiger partial charge in [0.15, 0.2) is 5.17 Å². The summed E-state index contributed by atoms with van der Waals surface area (Å²) in [7, 11) is 1.70. The molecule has 1 saturated heterocycles. The van der Waals surface area contributed by atoms with E-state index in [1.165, 1.54) is 16.7 Å². The Hall–Kier alpha value is -1.87. The fourth-order valence-electron chi connectivity index (χ4n) is 2.68. The van der Waals surface area contributed by atoms with Crippen molar-refractivity contribution in [3.63, 3.8) is 0 Å². The van der Waals surface area contributed by atoms with Gasteiger partial charge in [-0.3, -0.25) is 14.5 Å². The predicted octanol–water partition coefficient (Wildman–Crippen LogP) is 4.50. The molecule has 1 heterocycles. The molecule has 1 atom stereocenters. The van der Waals surface area contributed by atoms with Crippen LogP contribution in [-0.2, 0) is 9.59 Å². The second-order valence-electron chi connectivity index (χ2n) is 6.37. The van der Waals surface area contributed by atoms with Crippen LogP contribution in [0.15, 0.2) is 47.5 Å². The van der Waals surface area contributed by atoms with Gasteiger partial charge in [-0.05, 0) is 77.9 Å². The number of hydrogen-bond acceptors (Lipinski definition) is 4. The molecule has 0 radical (unpaired) electrons. The van der Waals surface area contributed by atoms with Crippen molar-refractivity contribution in [2.24, 2.45) is 4.99 Å². The zero-order valence-corrected chi connectivity index (χ0v) is 18.3. The molecule has 2 aromatic rings. The predicted molar refractivity (Wildman–Crippen MR) is 120 cm³/mol. The first-order chi connectivity index (χ1) is 12.8. The van der Waals surface area contributed by atoms with Crippen molar-refractivity contribution in [1.29, 1.82) is 0 Å². The lowest BCUT2D eigenvalue weighted by atomic mass is 10.1. The summed E-state index contributed by atoms with van der Waals surface area (Å²) >= 11 is 3.57. The van der Waals surface area contributed by atoms with E-state index in [1.54, 1.807) is 7.05 Å². The van der Waals surface area contributed by atoms with Crippen molar-refractivity contribution in [3.05, 3.63) is 57.2 Å². The second-order valence-corrected chi connectivity index (χ2v) is 8.79. The lowest BCUT2D eigenvalue weighted by Crippen LogP contribution is -2.30. The number of nitrogens with zero attached hydrogens (tertiary/aromatic N) is 2. The minimum absolute atomic E-state index is 0.0969. The van der Waals surface area contributed by atoms with Crippen LogP contribution < -0.4 is 5.32 Å². The molecular weight excluding hydrogens is 473 g/mol. The van der Waals surface area contributed by atoms with Gasteiger partial charge in [0.05, 0.1) is 5.69 Å². The maximum Gasteiger partial charge on any atom is 0.242 e. The average Bonchev–Trinajstić information content (AvgIpc) is 2.89. The van der Waals surface area contributed by atoms with Gasteiger partial charge in [0.2, 0.25) is 11.8 Å². The van der Waals surface area contributed by atoms with E-state index in [-0.39, 0.29) is 18.2 Å². The molecule has 27 heavy (non-hydrogen) atoms. The minimum atomic E-state index is -0.456. The number of halogens is 1. The smallest absolute Gasteiger partial charge is 0.242 e. The summed E-state index contributed by atoms with van der Waals surface area (Å²) in [4.78, 5) is 31.0. The van der Waals surface area contributed by atoms with Crippen molar-refractivity contribution >= 4 is 62.7 Å². The van der Waals surface area contributed by atoms with E-state index >= 15 is 0 Å². The van der Waals surface area contributed by atoms with Gasteiger partial charge < -0.3 is 5.32 Å². The van der Waals surface area contributed by atoms with Crippen molar-refractivity contribution in [1.82, 2.24) is 4.90 Å². The van der Waals surface area contributed by atoms with E-state index in [4.69, 9.17) is 0 Å². The summed E-state index contributed by atoms with van der Waals surface area (Å²) in [6, 6.07) is 13.5. The molecule has 2 aromatic carbocycles. The number of amides is 2. The lowest BCUT2D eigenvalue weighted by Gasteiger charge is -2.12. The highest BCUT2D eigenvalue weighted by molar-refractivity contribution is 14.1. The number of aliphatic imine (C=N–C) groups is 1. The normalized spacial score (nSPS) is 18.2. The Labute approximate surface area is 176 Å². The van der Waals surface area contributed by atoms with Crippen LogP contribution in [0.1, 0.15) is 17.5 Å². The summed E-state index contributed by atoms with van der Waals surface area (Å²) in [5.41, 5.74) is 3.73. The molecular formula is C20H20IN3O2S. The summed E-state index contributed by atoms with van der Waals surface area (Å²) in [6.07, 6.45) is 0.118. The molecule has 1 N–H and O–H groups in total. The van der Waals surface area contributed by atoms with Gasteiger partial charge in [0.1, 0.15) is 5.25 Å². The highest BCUT2D eigenvalue weighted by Crippen LogP contribution is 2.31. The molecule has 0 spiro atoms. The van der Waals surface area contributed by atoms with Crippen LogP contribution in [0, 0.1) is 17.4 Å². The number of nitrogens with one attached hydrogen (secondary N) is 1. The molecule has 7 heteroatoms. The molecule has 140 valence electrons. The van der Waals surface area contributed by atoms with Gasteiger partial charge in [0.25, 0.3) is 0 Å². The fraction of sp³-hybridized carbons (Fsp3) is 0.250. The highest BCUT2D eigenvalue weighted by atomic mass is 127. The number of thioether (sulfide) groups is 1. The molecule has 1 aliphatic heterocycles. The van der Waals surface area contributed by atoms with Gasteiger partial charge in [-0.2, -0.15) is 0 Å². The van der Waals surface area contributed by atoms with E-state index in [2.05, 4.69) is 32.9 Å². The van der Waals surface area contributed by atoms with E-state index in [0.717, 1.165) is 26.1 Å². The van der Waals surface area contributed by atoms with Crippen LogP contribution in [-0.4, -0.2) is 34.2 Å². The number of amidine groups is 1. The van der Waals surface area contributed by atoms with Gasteiger partial charge >= 0.3 is 0 Å². The molecule has 0 unspecified atom stereocenters. The Balaban J connectivity index is 1.68. The summed E-state index contributed by atoms with van der Waals surface area (Å²) in [6.45, 7) is 3.98. The average molecular weight is 493 g/mol. The third-order valence-corrected chi connectivity index (χ3v) is 6.39. The van der Waals surface area contributed by atoms with Crippen LogP contribution in [0.5, 0.6) is 0 Å². The first kappa shape index (κ1) is 19.9. The van der Waals surface area contributed by atoms with Crippen LogP contribution in [0.2, 0.25) is 0 Å². The zero-order chi connectivity index (χ0) is 19.6. The van der Waals surface area contributed by atoms with Gasteiger partial charge in [-0.25, -0.2) is 4.99 Å². The molecule has 0 bridgehead atoms. The SMILES string of the molecule is Cc1cccc(NC(=O)C[C@@H]2SC(=Nc3ccc(I)cc3)N(C)C2=O)c1C. The van der Waals surface area contributed by atoms with Crippen molar-refractivity contribution < 1.29 is 9.59 Å². The molecule has 0 aliphatic carbocycles. The van der Waals surface area contributed by atoms with Crippen LogP contribution in [0.4, 0.5) is 11.4 Å². The monoisotopic (exact) mass is 493 g/mol. The number of anilines is 1. The Morgan fingerprint density at radius 3 is 2.63 bits per heavy atom. The Bertz CT molecular complexity index is 912. The quantitative estimate of drug-likeness (QED) is 0.639. The third-order valence-electron chi connectivity index (χ3n) is 4.44. The van der Waals surface area contributed by atoms with E-state index < -0.39 is 5.25 Å². The van der Waals surface area contributed by atoms with E-state index in [1.807, 2.05) is 56.3 Å². The fourth-order valence-corrected chi connectivity index (χ4v) is 4.19. The van der Waals surface area contributed by atoms with Crippen LogP contribution >= 0.6 is 34.4 Å². The van der Waals surface area contributed by atoms with E-state index in [0.29, 0.717) is 5.17 Å². The standard InChI is InChI=1S/C20H20IN3O2S/c1-12-5-4-6-16(13(12)2)23-18(25)11-17-19(26)24(3)20(27-17)22-15-9-7-14(21)8-10-15/h4-10,17H,11H2,1-3H3,(H,23,25)/t17-/m0/s1.